The van der Waals surface area contributed by atoms with Crippen molar-refractivity contribution in [2.75, 3.05) is 11.0 Å². The predicted molar refractivity (Wildman–Crippen MR) is 116 cm³/mol. The van der Waals surface area contributed by atoms with Crippen molar-refractivity contribution in [2.24, 2.45) is 0 Å². The highest BCUT2D eigenvalue weighted by Gasteiger charge is 2.23. The first-order valence-corrected chi connectivity index (χ1v) is 11.4. The first kappa shape index (κ1) is 20.1. The normalized spacial score (nSPS) is 14.8. The average molecular weight is 424 g/mol. The second-order valence-electron chi connectivity index (χ2n) is 7.09. The van der Waals surface area contributed by atoms with Gasteiger partial charge in [0.1, 0.15) is 18.2 Å². The van der Waals surface area contributed by atoms with E-state index in [-0.39, 0.29) is 12.4 Å². The monoisotopic (exact) mass is 424 g/mol. The Bertz CT molecular complexity index is 1250. The van der Waals surface area contributed by atoms with Crippen molar-refractivity contribution in [3.63, 3.8) is 0 Å². The summed E-state index contributed by atoms with van der Waals surface area (Å²) in [6.45, 7) is 2.27. The van der Waals surface area contributed by atoms with Crippen molar-refractivity contribution in [1.29, 1.82) is 0 Å². The van der Waals surface area contributed by atoms with Gasteiger partial charge in [-0.15, -0.1) is 0 Å². The lowest BCUT2D eigenvalue weighted by atomic mass is 9.87. The minimum Gasteiger partial charge on any atom is -0.487 e. The zero-order valence-corrected chi connectivity index (χ0v) is 17.5. The summed E-state index contributed by atoms with van der Waals surface area (Å²) in [6.07, 6.45) is 3.50. The molecule has 1 aliphatic heterocycles. The van der Waals surface area contributed by atoms with E-state index in [4.69, 9.17) is 4.74 Å². The molecule has 1 aromatic heterocycles. The Balaban J connectivity index is 1.99. The smallest absolute Gasteiger partial charge is 0.229 e. The van der Waals surface area contributed by atoms with Crippen LogP contribution in [0.1, 0.15) is 35.7 Å². The van der Waals surface area contributed by atoms with Crippen molar-refractivity contribution < 1.29 is 17.5 Å². The van der Waals surface area contributed by atoms with E-state index in [0.29, 0.717) is 17.9 Å². The van der Waals surface area contributed by atoms with Crippen LogP contribution in [0.15, 0.2) is 60.8 Å². The van der Waals surface area contributed by atoms with Gasteiger partial charge in [-0.1, -0.05) is 25.1 Å². The van der Waals surface area contributed by atoms with Crippen LogP contribution in [0.25, 0.3) is 11.1 Å². The van der Waals surface area contributed by atoms with E-state index in [2.05, 4.69) is 9.71 Å². The highest BCUT2D eigenvalue weighted by molar-refractivity contribution is 7.92. The van der Waals surface area contributed by atoms with Crippen molar-refractivity contribution in [3.8, 4) is 5.75 Å². The second kappa shape index (κ2) is 7.91. The van der Waals surface area contributed by atoms with Crippen LogP contribution in [0.5, 0.6) is 5.75 Å². The summed E-state index contributed by atoms with van der Waals surface area (Å²) in [5, 5.41) is 0. The Morgan fingerprint density at radius 2 is 1.97 bits per heavy atom. The summed E-state index contributed by atoms with van der Waals surface area (Å²) in [5.74, 6) is 0.0868. The Hall–Kier alpha value is -3.19. The van der Waals surface area contributed by atoms with Crippen LogP contribution in [0.2, 0.25) is 0 Å². The molecule has 1 aliphatic rings. The molecule has 0 fully saturated rings. The summed E-state index contributed by atoms with van der Waals surface area (Å²) in [5.41, 5.74) is 5.71. The molecule has 5 nitrogen and oxygen atoms in total. The van der Waals surface area contributed by atoms with Crippen LogP contribution < -0.4 is 9.46 Å². The molecule has 30 heavy (non-hydrogen) atoms. The number of benzene rings is 2. The van der Waals surface area contributed by atoms with Gasteiger partial charge in [0.05, 0.1) is 11.9 Å². The first-order chi connectivity index (χ1) is 14.4. The van der Waals surface area contributed by atoms with Gasteiger partial charge in [0.25, 0.3) is 0 Å². The zero-order chi connectivity index (χ0) is 21.3. The number of hydrogen-bond donors (Lipinski definition) is 1. The number of aromatic nitrogens is 1. The fraction of sp³-hybridized carbons (Fsp3) is 0.174. The molecule has 2 aromatic carbocycles. The second-order valence-corrected chi connectivity index (χ2v) is 8.84. The number of hydrogen-bond acceptors (Lipinski definition) is 4. The van der Waals surface area contributed by atoms with E-state index < -0.39 is 10.0 Å². The molecular formula is C23H21FN2O3S. The minimum absolute atomic E-state index is 0.239. The van der Waals surface area contributed by atoms with Gasteiger partial charge in [-0.2, -0.15) is 0 Å². The van der Waals surface area contributed by atoms with Gasteiger partial charge in [0.2, 0.25) is 10.0 Å². The SMILES string of the molecule is CC/C(=C1/c2ccc(F)cc2OCc2ncccc21)c1cccc(NS(C)(=O)=O)c1. The van der Waals surface area contributed by atoms with Crippen LogP contribution in [0.4, 0.5) is 10.1 Å². The molecule has 1 N–H and O–H groups in total. The zero-order valence-electron chi connectivity index (χ0n) is 16.6. The predicted octanol–water partition coefficient (Wildman–Crippen LogP) is 4.85. The quantitative estimate of drug-likeness (QED) is 0.650. The molecule has 0 saturated heterocycles. The Labute approximate surface area is 175 Å². The van der Waals surface area contributed by atoms with E-state index in [0.717, 1.165) is 39.8 Å². The molecule has 4 rings (SSSR count). The molecule has 0 saturated carbocycles. The number of fused-ring (bicyclic) bond motifs is 2. The molecule has 0 spiro atoms. The molecule has 0 bridgehead atoms. The van der Waals surface area contributed by atoms with E-state index in [9.17, 15) is 12.8 Å². The summed E-state index contributed by atoms with van der Waals surface area (Å²) < 4.78 is 45.7. The number of anilines is 1. The Kier molecular flexibility index (Phi) is 5.30. The number of sulfonamides is 1. The van der Waals surface area contributed by atoms with Gasteiger partial charge in [0.15, 0.2) is 0 Å². The van der Waals surface area contributed by atoms with Gasteiger partial charge in [0, 0.05) is 29.1 Å². The van der Waals surface area contributed by atoms with Crippen molar-refractivity contribution >= 4 is 26.9 Å². The number of rotatable bonds is 4. The number of nitrogens with one attached hydrogen (secondary N) is 1. The Morgan fingerprint density at radius 3 is 2.73 bits per heavy atom. The van der Waals surface area contributed by atoms with Gasteiger partial charge in [-0.3, -0.25) is 9.71 Å². The molecule has 0 radical (unpaired) electrons. The van der Waals surface area contributed by atoms with Crippen LogP contribution in [-0.4, -0.2) is 19.7 Å². The van der Waals surface area contributed by atoms with Crippen molar-refractivity contribution in [2.45, 2.75) is 20.0 Å². The summed E-state index contributed by atoms with van der Waals surface area (Å²) in [4.78, 5) is 4.47. The number of halogens is 1. The minimum atomic E-state index is -3.40. The molecule has 0 aliphatic carbocycles. The number of pyridine rings is 1. The third-order valence-electron chi connectivity index (χ3n) is 4.91. The Morgan fingerprint density at radius 1 is 1.13 bits per heavy atom. The summed E-state index contributed by atoms with van der Waals surface area (Å²) >= 11 is 0. The van der Waals surface area contributed by atoms with Crippen LogP contribution in [-0.2, 0) is 16.6 Å². The number of allylic oxidation sites excluding steroid dienone is 1. The first-order valence-electron chi connectivity index (χ1n) is 9.54. The van der Waals surface area contributed by atoms with Crippen molar-refractivity contribution in [3.05, 3.63) is 89.0 Å². The molecule has 3 aromatic rings. The largest absolute Gasteiger partial charge is 0.487 e. The third-order valence-corrected chi connectivity index (χ3v) is 5.51. The lowest BCUT2D eigenvalue weighted by Gasteiger charge is -2.17. The van der Waals surface area contributed by atoms with Gasteiger partial charge >= 0.3 is 0 Å². The fourth-order valence-electron chi connectivity index (χ4n) is 3.73. The van der Waals surface area contributed by atoms with Gasteiger partial charge < -0.3 is 4.74 Å². The lowest BCUT2D eigenvalue weighted by Crippen LogP contribution is -2.09. The maximum atomic E-state index is 13.9. The van der Waals surface area contributed by atoms with Crippen LogP contribution in [0, 0.1) is 5.82 Å². The lowest BCUT2D eigenvalue weighted by molar-refractivity contribution is 0.301. The highest BCUT2D eigenvalue weighted by atomic mass is 32.2. The third kappa shape index (κ3) is 4.07. The molecule has 0 unspecified atom stereocenters. The molecular weight excluding hydrogens is 403 g/mol. The maximum absolute atomic E-state index is 13.9. The van der Waals surface area contributed by atoms with Crippen molar-refractivity contribution in [1.82, 2.24) is 4.98 Å². The van der Waals surface area contributed by atoms with Gasteiger partial charge in [-0.25, -0.2) is 12.8 Å². The van der Waals surface area contributed by atoms with E-state index >= 15 is 0 Å². The van der Waals surface area contributed by atoms with E-state index in [1.807, 2.05) is 31.2 Å². The standard InChI is InChI=1S/C23H21FN2O3S/c1-3-18(15-6-4-7-17(12-15)26-30(2,27)28)23-19-8-5-11-25-21(19)14-29-22-13-16(24)9-10-20(22)23/h4-13,26H,3,14H2,1-2H3/b23-18-. The molecule has 0 atom stereocenters. The molecule has 154 valence electrons. The number of nitrogens with zero attached hydrogens (tertiary/aromatic N) is 1. The molecule has 0 amide bonds. The summed E-state index contributed by atoms with van der Waals surface area (Å²) in [7, 11) is -3.40. The van der Waals surface area contributed by atoms with Crippen LogP contribution >= 0.6 is 0 Å². The molecule has 7 heteroatoms. The number of ether oxygens (including phenoxy) is 1. The highest BCUT2D eigenvalue weighted by Crippen LogP contribution is 2.42. The summed E-state index contributed by atoms with van der Waals surface area (Å²) in [6, 6.07) is 15.6. The van der Waals surface area contributed by atoms with Crippen LogP contribution in [0.3, 0.4) is 0 Å². The maximum Gasteiger partial charge on any atom is 0.229 e. The topological polar surface area (TPSA) is 68.3 Å². The fourth-order valence-corrected chi connectivity index (χ4v) is 4.28. The van der Waals surface area contributed by atoms with Gasteiger partial charge in [-0.05, 0) is 53.5 Å². The van der Waals surface area contributed by atoms with E-state index in [1.165, 1.54) is 12.1 Å². The van der Waals surface area contributed by atoms with E-state index in [1.54, 1.807) is 24.4 Å². The molecule has 2 heterocycles. The average Bonchev–Trinajstić information content (AvgIpc) is 2.85.